The molecule has 0 fully saturated rings. The number of methoxy groups -OCH3 is 1. The quantitative estimate of drug-likeness (QED) is 0.0101. The topological polar surface area (TPSA) is 488 Å². The Kier molecular flexibility index (Phi) is 48.4. The molecular weight excluding hydrogens is 1930 g/mol. The number of aromatic nitrogens is 14. The number of urea groups is 1. The van der Waals surface area contributed by atoms with E-state index in [0.717, 1.165) is 72.7 Å². The van der Waals surface area contributed by atoms with Gasteiger partial charge in [0.2, 0.25) is 29.7 Å². The molecule has 129 heavy (non-hydrogen) atoms. The molecule has 694 valence electrons. The van der Waals surface area contributed by atoms with E-state index in [1.54, 1.807) is 95.9 Å². The molecule has 34 heteroatoms. The van der Waals surface area contributed by atoms with Gasteiger partial charge in [-0.2, -0.15) is 10.2 Å². The van der Waals surface area contributed by atoms with Gasteiger partial charge in [-0.25, -0.2) is 64.0 Å². The number of hydrogen-bond acceptors (Lipinski definition) is 27. The van der Waals surface area contributed by atoms with Crippen molar-refractivity contribution in [2.75, 3.05) is 62.8 Å². The second-order valence-electron chi connectivity index (χ2n) is 28.6. The van der Waals surface area contributed by atoms with E-state index < -0.39 is 4.92 Å². The molecule has 0 aliphatic carbocycles. The molecule has 0 aliphatic rings. The van der Waals surface area contributed by atoms with Crippen molar-refractivity contribution >= 4 is 119 Å². The molecule has 0 saturated carbocycles. The molecule has 0 radical (unpaired) electrons. The van der Waals surface area contributed by atoms with E-state index in [1.165, 1.54) is 17.8 Å². The van der Waals surface area contributed by atoms with Gasteiger partial charge in [-0.15, -0.1) is 0 Å². The number of nitrogens with zero attached hydrogens (tertiary/aromatic N) is 15. The molecule has 0 aliphatic heterocycles. The van der Waals surface area contributed by atoms with Gasteiger partial charge in [-0.3, -0.25) is 15.4 Å². The number of benzene rings is 8. The largest absolute Gasteiger partial charge is 0.487 e. The molecule has 17 N–H and O–H groups in total. The molecule has 7 heterocycles. The summed E-state index contributed by atoms with van der Waals surface area (Å²) in [5.74, 6) is 4.35. The fourth-order valence-corrected chi connectivity index (χ4v) is 11.3. The van der Waals surface area contributed by atoms with E-state index in [0.29, 0.717) is 68.2 Å². The average molecular weight is 2060 g/mol. The standard InChI is InChI=1S/C30H31N7O2.C15H12N4O3.C15H14N4O.C14H19N3.C7H11N3O.C5H7N3O.CH3I.7CH4.CH3.Pt/c1-19-9-11-21(12-10-19)37-27(17-26(36-37)30(2,3)4)35-29(38)34-24-13-14-25(23-8-6-5-7-22(23)24)39-18-20-15-16-32-28(31)33-20;16-15-17-8-7-10(18-15)9-22-14-6-5-13(19(20)21)11-3-1-2-4-12(11)14;16-13-5-6-14(12-4-2-1-3-11(12)13)20-9-10-7-8-18-15(17)19-10;1-10-5-7-11(8-6-10)17-13(15)9-12(16-17)14(2,3)4;1-5(11-2)6-3-4-9-7(8)10-6;6-5-7-2-1-4(3-9)8-5;1-2;;;;;;;;;/h5-17H,18H2,1-4H3,(H2,31,32,33)(H2,34,35,38);1-8H,9H2,(H2,16,17,18);1-8H,9,16H2,(H2,17,18,19);5-9H,15H2,1-4H3;3-5H,1-2H3,(H2,8,9,10);1-2,9H,3H2,(H2,6,7,8);1H3;7*1H4;1H3;/q;;;;;;;;;;;;;;-1;/i;;;;;;1D;;;;;;;;;. The maximum absolute atomic E-state index is 13.2. The van der Waals surface area contributed by atoms with Crippen molar-refractivity contribution in [2.24, 2.45) is 0 Å². The molecule has 0 spiro atoms. The zero-order chi connectivity index (χ0) is 87.3. The Labute approximate surface area is 788 Å². The third-order valence-corrected chi connectivity index (χ3v) is 17.6. The number of nitrogens with two attached hydrogens (primary N) is 7. The number of carbonyl (C=O) groups is 1. The van der Waals surface area contributed by atoms with Crippen molar-refractivity contribution in [1.82, 2.24) is 69.4 Å². The number of hydrogen-bond donors (Lipinski definition) is 10. The van der Waals surface area contributed by atoms with Gasteiger partial charge in [-0.1, -0.05) is 218 Å². The minimum atomic E-state index is -0.406. The Morgan fingerprint density at radius 1 is 0.488 bits per heavy atom. The number of nitro groups is 1. The monoisotopic (exact) mass is 2060 g/mol. The van der Waals surface area contributed by atoms with E-state index >= 15 is 0 Å². The molecule has 1 atom stereocenters. The predicted octanol–water partition coefficient (Wildman–Crippen LogP) is 20.6. The number of non-ortho nitro benzene ring substituents is 1. The SMILES string of the molecule is C.C.C.C.C.C.C.COC(C)c1ccnc(N)n1.Cc1ccc(-n2nc(C(C)(C)C)cc2N)cc1.Cc1ccc(-n2nc(C(C)(C)C)cc2NC(=O)Nc2ccc(OCc3ccnc(N)n3)c3ccccc23)cc1.Nc1nccc(CO)n1.Nc1nccc(COc2ccc(N)c3ccccc23)n1.Nc1nccc(COc2ccc([N+](=O)[O-])c3ccccc23)n1.[2H]CI.[CH3-].[Pt]. The molecule has 2 amide bonds. The van der Waals surface area contributed by atoms with E-state index in [9.17, 15) is 14.9 Å². The minimum Gasteiger partial charge on any atom is -0.487 e. The summed E-state index contributed by atoms with van der Waals surface area (Å²) in [6, 6.07) is 61.3. The van der Waals surface area contributed by atoms with Crippen LogP contribution in [0.4, 0.5) is 63.2 Å². The molecular formula is C95H128IN24O8Pt-. The summed E-state index contributed by atoms with van der Waals surface area (Å²) in [6.45, 7) is 19.4. The number of carbonyl (C=O) groups excluding carboxylic acids is 1. The third kappa shape index (κ3) is 33.6. The van der Waals surface area contributed by atoms with Crippen molar-refractivity contribution in [1.29, 1.82) is 0 Å². The summed E-state index contributed by atoms with van der Waals surface area (Å²) in [5, 5.41) is 39.8. The number of aliphatic hydroxyl groups excluding tert-OH is 1. The number of anilines is 9. The van der Waals surface area contributed by atoms with Crippen LogP contribution in [0.25, 0.3) is 43.7 Å². The maximum atomic E-state index is 13.2. The first kappa shape index (κ1) is 113. The second-order valence-corrected chi connectivity index (χ2v) is 28.6. The summed E-state index contributed by atoms with van der Waals surface area (Å²) < 4.78 is 32.4. The molecule has 0 saturated heterocycles. The zero-order valence-corrected chi connectivity index (χ0v) is 73.7. The Balaban J connectivity index is 0.00000160. The van der Waals surface area contributed by atoms with Crippen molar-refractivity contribution in [3.05, 3.63) is 300 Å². The smallest absolute Gasteiger partial charge is 0.324 e. The number of aliphatic hydroxyl groups is 1. The van der Waals surface area contributed by atoms with Crippen LogP contribution in [-0.2, 0) is 63.1 Å². The Hall–Kier alpha value is -13.6. The number of halogens is 1. The van der Waals surface area contributed by atoms with Crippen molar-refractivity contribution in [3.8, 4) is 28.6 Å². The van der Waals surface area contributed by atoms with Gasteiger partial charge in [0.1, 0.15) is 48.7 Å². The Morgan fingerprint density at radius 2 is 0.845 bits per heavy atom. The van der Waals surface area contributed by atoms with Crippen LogP contribution in [0.2, 0.25) is 0 Å². The second kappa shape index (κ2) is 55.1. The van der Waals surface area contributed by atoms with Gasteiger partial charge in [0.05, 0.1) is 79.9 Å². The van der Waals surface area contributed by atoms with E-state index in [2.05, 4.69) is 126 Å². The van der Waals surface area contributed by atoms with Crippen LogP contribution in [-0.4, -0.2) is 97.5 Å². The van der Waals surface area contributed by atoms with Crippen LogP contribution in [0.15, 0.2) is 231 Å². The number of ether oxygens (including phenoxy) is 4. The Bertz CT molecular complexity index is 5950. The normalized spacial score (nSPS) is 10.3. The van der Waals surface area contributed by atoms with Gasteiger partial charge < -0.3 is 76.9 Å². The summed E-state index contributed by atoms with van der Waals surface area (Å²) in [5.41, 5.74) is 50.1. The van der Waals surface area contributed by atoms with Crippen molar-refractivity contribution in [3.63, 3.8) is 0 Å². The summed E-state index contributed by atoms with van der Waals surface area (Å²) >= 11 is 1.96. The van der Waals surface area contributed by atoms with Gasteiger partial charge in [0.15, 0.2) is 0 Å². The van der Waals surface area contributed by atoms with Gasteiger partial charge in [0.25, 0.3) is 5.69 Å². The number of nitrogens with one attached hydrogen (secondary N) is 2. The molecule has 8 aromatic carbocycles. The first-order valence-electron chi connectivity index (χ1n) is 38.0. The molecule has 15 rings (SSSR count). The molecule has 32 nitrogen and oxygen atoms in total. The van der Waals surface area contributed by atoms with Crippen molar-refractivity contribution in [2.45, 2.75) is 158 Å². The summed E-state index contributed by atoms with van der Waals surface area (Å²) in [6.07, 6.45) is 7.86. The molecule has 7 aromatic heterocycles. The number of aryl methyl sites for hydroxylation is 2. The fraction of sp³-hybridized carbons (Fsp3) is 0.263. The van der Waals surface area contributed by atoms with Crippen LogP contribution in [0.3, 0.4) is 0 Å². The fourth-order valence-electron chi connectivity index (χ4n) is 11.3. The summed E-state index contributed by atoms with van der Waals surface area (Å²) in [7, 11) is 1.63. The van der Waals surface area contributed by atoms with Crippen LogP contribution in [0, 0.1) is 31.4 Å². The molecule has 0 bridgehead atoms. The van der Waals surface area contributed by atoms with Crippen molar-refractivity contribution < 1.29 is 56.2 Å². The molecule has 1 unspecified atom stereocenters. The van der Waals surface area contributed by atoms with E-state index in [1.807, 2.05) is 164 Å². The predicted molar refractivity (Wildman–Crippen MR) is 534 cm³/mol. The first-order valence-corrected chi connectivity index (χ1v) is 38.8. The first-order chi connectivity index (χ1) is 57.9. The number of nitrogen functional groups attached to an aromatic ring is 7. The van der Waals surface area contributed by atoms with E-state index in [4.69, 9.17) is 70.7 Å². The zero-order valence-electron chi connectivity index (χ0n) is 70.3. The number of fused-ring (bicyclic) bond motifs is 3. The van der Waals surface area contributed by atoms with Gasteiger partial charge in [-0.05, 0) is 117 Å². The average Bonchev–Trinajstić information content (AvgIpc) is 0.882. The maximum Gasteiger partial charge on any atom is 0.324 e. The summed E-state index contributed by atoms with van der Waals surface area (Å²) in [4.78, 5) is 63.4. The van der Waals surface area contributed by atoms with Crippen LogP contribution in [0.5, 0.6) is 17.2 Å². The number of alkyl halides is 1. The third-order valence-electron chi connectivity index (χ3n) is 17.6. The number of amides is 2. The van der Waals surface area contributed by atoms with Crippen LogP contribution >= 0.6 is 22.6 Å². The number of nitro benzene ring substituents is 1. The number of rotatable bonds is 17. The molecule has 15 aromatic rings. The minimum absolute atomic E-state index is 0. The van der Waals surface area contributed by atoms with Gasteiger partial charge >= 0.3 is 6.03 Å². The van der Waals surface area contributed by atoms with E-state index in [-0.39, 0.29) is 159 Å². The van der Waals surface area contributed by atoms with Crippen LogP contribution in [0.1, 0.15) is 159 Å². The Morgan fingerprint density at radius 3 is 1.25 bits per heavy atom. The van der Waals surface area contributed by atoms with Crippen LogP contribution < -0.4 is 65.0 Å². The van der Waals surface area contributed by atoms with Gasteiger partial charge in [0, 0.05) is 122 Å².